The molecular formula is C13H21N3O2. The number of aliphatic carboxylic acids is 1. The van der Waals surface area contributed by atoms with Crippen LogP contribution >= 0.6 is 0 Å². The van der Waals surface area contributed by atoms with Gasteiger partial charge in [-0.05, 0) is 34.6 Å². The Morgan fingerprint density at radius 2 is 1.94 bits per heavy atom. The van der Waals surface area contributed by atoms with Crippen molar-refractivity contribution < 1.29 is 9.90 Å². The van der Waals surface area contributed by atoms with Gasteiger partial charge in [-0.15, -0.1) is 0 Å². The molecule has 100 valence electrons. The van der Waals surface area contributed by atoms with Crippen LogP contribution in [-0.4, -0.2) is 38.0 Å². The third-order valence-electron chi connectivity index (χ3n) is 2.95. The second-order valence-corrected chi connectivity index (χ2v) is 5.40. The van der Waals surface area contributed by atoms with E-state index in [0.717, 1.165) is 11.4 Å². The first-order valence-electron chi connectivity index (χ1n) is 5.99. The van der Waals surface area contributed by atoms with E-state index in [9.17, 15) is 4.79 Å². The minimum absolute atomic E-state index is 0.0132. The van der Waals surface area contributed by atoms with Crippen molar-refractivity contribution in [3.8, 4) is 0 Å². The average molecular weight is 251 g/mol. The molecule has 0 aliphatic rings. The van der Waals surface area contributed by atoms with Crippen LogP contribution in [0.1, 0.15) is 45.1 Å². The van der Waals surface area contributed by atoms with Crippen molar-refractivity contribution in [2.45, 2.75) is 46.2 Å². The van der Waals surface area contributed by atoms with Crippen molar-refractivity contribution >= 4 is 5.97 Å². The normalized spacial score (nSPS) is 13.7. The summed E-state index contributed by atoms with van der Waals surface area (Å²) >= 11 is 0. The van der Waals surface area contributed by atoms with Crippen molar-refractivity contribution in [2.24, 2.45) is 0 Å². The van der Waals surface area contributed by atoms with E-state index in [0.29, 0.717) is 0 Å². The van der Waals surface area contributed by atoms with E-state index < -0.39 is 5.97 Å². The van der Waals surface area contributed by atoms with Crippen molar-refractivity contribution in [1.29, 1.82) is 0 Å². The van der Waals surface area contributed by atoms with Crippen molar-refractivity contribution in [2.75, 3.05) is 6.54 Å². The predicted octanol–water partition coefficient (Wildman–Crippen LogP) is 2.03. The summed E-state index contributed by atoms with van der Waals surface area (Å²) in [6.07, 6.45) is 3.28. The molecule has 0 saturated carbocycles. The summed E-state index contributed by atoms with van der Waals surface area (Å²) in [5, 5.41) is 9.03. The summed E-state index contributed by atoms with van der Waals surface area (Å²) in [6, 6.07) is -0.0881. The lowest BCUT2D eigenvalue weighted by Gasteiger charge is -2.39. The lowest BCUT2D eigenvalue weighted by Crippen LogP contribution is -2.46. The third kappa shape index (κ3) is 3.50. The molecule has 5 heteroatoms. The maximum absolute atomic E-state index is 11.0. The number of carboxylic acids is 1. The number of hydrogen-bond acceptors (Lipinski definition) is 4. The van der Waals surface area contributed by atoms with Crippen LogP contribution in [0.3, 0.4) is 0 Å². The summed E-state index contributed by atoms with van der Waals surface area (Å²) < 4.78 is 0. The Balaban J connectivity index is 3.07. The van der Waals surface area contributed by atoms with E-state index >= 15 is 0 Å². The zero-order valence-corrected chi connectivity index (χ0v) is 11.6. The van der Waals surface area contributed by atoms with E-state index in [2.05, 4.69) is 9.97 Å². The van der Waals surface area contributed by atoms with Gasteiger partial charge in [0.15, 0.2) is 0 Å². The number of aromatic nitrogens is 2. The number of carbonyl (C=O) groups is 1. The first-order valence-corrected chi connectivity index (χ1v) is 5.99. The fourth-order valence-corrected chi connectivity index (χ4v) is 2.08. The highest BCUT2D eigenvalue weighted by Gasteiger charge is 2.30. The van der Waals surface area contributed by atoms with Crippen molar-refractivity contribution in [3.63, 3.8) is 0 Å². The van der Waals surface area contributed by atoms with Crippen molar-refractivity contribution in [3.05, 3.63) is 23.8 Å². The van der Waals surface area contributed by atoms with Gasteiger partial charge in [0, 0.05) is 17.9 Å². The molecule has 5 nitrogen and oxygen atoms in total. The van der Waals surface area contributed by atoms with Crippen LogP contribution in [0.2, 0.25) is 0 Å². The number of hydrogen-bond donors (Lipinski definition) is 1. The van der Waals surface area contributed by atoms with Gasteiger partial charge in [-0.25, -0.2) is 0 Å². The average Bonchev–Trinajstić information content (AvgIpc) is 2.24. The van der Waals surface area contributed by atoms with Crippen LogP contribution in [-0.2, 0) is 4.79 Å². The fourth-order valence-electron chi connectivity index (χ4n) is 2.08. The smallest absolute Gasteiger partial charge is 0.317 e. The van der Waals surface area contributed by atoms with Gasteiger partial charge in [0.1, 0.15) is 0 Å². The monoisotopic (exact) mass is 251 g/mol. The number of carboxylic acid groups (broad SMARTS) is 1. The van der Waals surface area contributed by atoms with Crippen LogP contribution in [0.15, 0.2) is 12.4 Å². The van der Waals surface area contributed by atoms with Gasteiger partial charge in [-0.3, -0.25) is 19.7 Å². The Morgan fingerprint density at radius 1 is 1.39 bits per heavy atom. The van der Waals surface area contributed by atoms with E-state index in [1.54, 1.807) is 12.4 Å². The predicted molar refractivity (Wildman–Crippen MR) is 69.3 cm³/mol. The number of nitrogens with zero attached hydrogens (tertiary/aromatic N) is 3. The van der Waals surface area contributed by atoms with Gasteiger partial charge in [0.2, 0.25) is 0 Å². The van der Waals surface area contributed by atoms with Gasteiger partial charge < -0.3 is 5.11 Å². The van der Waals surface area contributed by atoms with E-state index in [4.69, 9.17) is 5.11 Å². The third-order valence-corrected chi connectivity index (χ3v) is 2.95. The minimum atomic E-state index is -0.835. The first-order chi connectivity index (χ1) is 8.23. The summed E-state index contributed by atoms with van der Waals surface area (Å²) in [7, 11) is 0. The molecule has 1 atom stereocenters. The molecule has 0 aromatic carbocycles. The molecule has 1 aromatic rings. The van der Waals surface area contributed by atoms with E-state index in [1.165, 1.54) is 0 Å². The molecule has 1 N–H and O–H groups in total. The zero-order chi connectivity index (χ0) is 13.9. The quantitative estimate of drug-likeness (QED) is 0.887. The Morgan fingerprint density at radius 3 is 2.39 bits per heavy atom. The highest BCUT2D eigenvalue weighted by Crippen LogP contribution is 2.27. The molecule has 1 heterocycles. The second-order valence-electron chi connectivity index (χ2n) is 5.40. The van der Waals surface area contributed by atoms with E-state index in [1.807, 2.05) is 39.5 Å². The highest BCUT2D eigenvalue weighted by molar-refractivity contribution is 5.69. The van der Waals surface area contributed by atoms with Gasteiger partial charge in [0.25, 0.3) is 0 Å². The topological polar surface area (TPSA) is 66.3 Å². The lowest BCUT2D eigenvalue weighted by atomic mass is 10.0. The first kappa shape index (κ1) is 14.6. The van der Waals surface area contributed by atoms with E-state index in [-0.39, 0.29) is 18.1 Å². The highest BCUT2D eigenvalue weighted by atomic mass is 16.4. The maximum atomic E-state index is 11.0. The van der Waals surface area contributed by atoms with Crippen LogP contribution in [0.4, 0.5) is 0 Å². The largest absolute Gasteiger partial charge is 0.480 e. The zero-order valence-electron chi connectivity index (χ0n) is 11.6. The number of rotatable bonds is 4. The second kappa shape index (κ2) is 5.44. The number of aryl methyl sites for hydroxylation is 1. The standard InChI is InChI=1S/C13H21N3O2/c1-9-12(15-7-6-14-9)10(2)16(8-11(17)18)13(3,4)5/h6-7,10H,8H2,1-5H3,(H,17,18). The molecule has 0 amide bonds. The molecule has 0 aliphatic heterocycles. The lowest BCUT2D eigenvalue weighted by molar-refractivity contribution is -0.140. The molecule has 18 heavy (non-hydrogen) atoms. The molecular weight excluding hydrogens is 230 g/mol. The van der Waals surface area contributed by atoms with Gasteiger partial charge >= 0.3 is 5.97 Å². The molecule has 0 bridgehead atoms. The summed E-state index contributed by atoms with van der Waals surface area (Å²) in [6.45, 7) is 9.83. The molecule has 0 fully saturated rings. The van der Waals surface area contributed by atoms with Crippen LogP contribution < -0.4 is 0 Å². The Labute approximate surface area is 108 Å². The molecule has 1 aromatic heterocycles. The van der Waals surface area contributed by atoms with Crippen LogP contribution in [0.5, 0.6) is 0 Å². The molecule has 0 spiro atoms. The fraction of sp³-hybridized carbons (Fsp3) is 0.615. The van der Waals surface area contributed by atoms with Crippen molar-refractivity contribution in [1.82, 2.24) is 14.9 Å². The Kier molecular flexibility index (Phi) is 4.40. The van der Waals surface area contributed by atoms with Crippen LogP contribution in [0.25, 0.3) is 0 Å². The molecule has 1 rings (SSSR count). The Hall–Kier alpha value is -1.49. The SMILES string of the molecule is Cc1nccnc1C(C)N(CC(=O)O)C(C)(C)C. The van der Waals surface area contributed by atoms with Crippen LogP contribution in [0, 0.1) is 6.92 Å². The van der Waals surface area contributed by atoms with Gasteiger partial charge in [0.05, 0.1) is 24.0 Å². The summed E-state index contributed by atoms with van der Waals surface area (Å²) in [5.41, 5.74) is 1.42. The molecule has 0 aliphatic carbocycles. The molecule has 1 unspecified atom stereocenters. The summed E-state index contributed by atoms with van der Waals surface area (Å²) in [5.74, 6) is -0.835. The molecule has 0 radical (unpaired) electrons. The molecule has 0 saturated heterocycles. The minimum Gasteiger partial charge on any atom is -0.480 e. The Bertz CT molecular complexity index is 426. The van der Waals surface area contributed by atoms with Gasteiger partial charge in [-0.1, -0.05) is 0 Å². The van der Waals surface area contributed by atoms with Gasteiger partial charge in [-0.2, -0.15) is 0 Å². The maximum Gasteiger partial charge on any atom is 0.317 e. The summed E-state index contributed by atoms with van der Waals surface area (Å²) in [4.78, 5) is 21.4.